The smallest absolute Gasteiger partial charge is 0.193 e. The molecule has 0 bridgehead atoms. The van der Waals surface area contributed by atoms with Crippen LogP contribution in [0.5, 0.6) is 0 Å². The predicted molar refractivity (Wildman–Crippen MR) is 138 cm³/mol. The van der Waals surface area contributed by atoms with Crippen LogP contribution in [-0.4, -0.2) is 23.3 Å². The van der Waals surface area contributed by atoms with E-state index in [4.69, 9.17) is 4.74 Å². The van der Waals surface area contributed by atoms with Crippen molar-refractivity contribution in [2.24, 2.45) is 5.41 Å². The first kappa shape index (κ1) is 26.4. The van der Waals surface area contributed by atoms with Gasteiger partial charge in [-0.05, 0) is 72.0 Å². The molecule has 0 fully saturated rings. The molecule has 0 atom stereocenters. The van der Waals surface area contributed by atoms with Gasteiger partial charge >= 0.3 is 0 Å². The third-order valence-corrected chi connectivity index (χ3v) is 6.46. The van der Waals surface area contributed by atoms with Crippen LogP contribution in [0.15, 0.2) is 53.0 Å². The van der Waals surface area contributed by atoms with E-state index in [9.17, 15) is 14.7 Å². The molecule has 0 saturated carbocycles. The second-order valence-corrected chi connectivity index (χ2v) is 9.54. The van der Waals surface area contributed by atoms with Gasteiger partial charge in [0.15, 0.2) is 11.6 Å². The van der Waals surface area contributed by atoms with Crippen LogP contribution in [0.25, 0.3) is 6.08 Å². The molecule has 2 rings (SSSR count). The summed E-state index contributed by atoms with van der Waals surface area (Å²) in [5.74, 6) is -0.374. The Labute approximate surface area is 206 Å². The molecule has 0 radical (unpaired) electrons. The Hall–Kier alpha value is -1.89. The number of carbonyl (C=O) groups excluding carboxylic acids is 2. The van der Waals surface area contributed by atoms with Gasteiger partial charge in [0.25, 0.3) is 0 Å². The predicted octanol–water partition coefficient (Wildman–Crippen LogP) is 7.34. The van der Waals surface area contributed by atoms with E-state index in [1.165, 1.54) is 6.08 Å². The first-order chi connectivity index (χ1) is 15.4. The number of carbonyl (C=O) groups is 2. The van der Waals surface area contributed by atoms with Crippen LogP contribution >= 0.6 is 22.6 Å². The van der Waals surface area contributed by atoms with Crippen molar-refractivity contribution in [3.8, 4) is 0 Å². The molecular formula is C27H35IO4. The van der Waals surface area contributed by atoms with Gasteiger partial charge in [0.2, 0.25) is 0 Å². The lowest BCUT2D eigenvalue weighted by Crippen LogP contribution is -2.41. The molecule has 5 heteroatoms. The summed E-state index contributed by atoms with van der Waals surface area (Å²) in [6.45, 7) is 8.60. The Morgan fingerprint density at radius 1 is 1.03 bits per heavy atom. The van der Waals surface area contributed by atoms with Crippen LogP contribution in [0.4, 0.5) is 0 Å². The summed E-state index contributed by atoms with van der Waals surface area (Å²) in [7, 11) is 0. The number of halogens is 1. The van der Waals surface area contributed by atoms with Gasteiger partial charge in [-0.1, -0.05) is 65.2 Å². The van der Waals surface area contributed by atoms with Gasteiger partial charge in [-0.3, -0.25) is 9.59 Å². The van der Waals surface area contributed by atoms with Gasteiger partial charge in [0, 0.05) is 9.14 Å². The van der Waals surface area contributed by atoms with Gasteiger partial charge in [-0.25, -0.2) is 0 Å². The Balaban J connectivity index is 2.62. The molecule has 1 aliphatic carbocycles. The highest BCUT2D eigenvalue weighted by atomic mass is 127. The average molecular weight is 550 g/mol. The number of ketones is 2. The summed E-state index contributed by atoms with van der Waals surface area (Å²) in [4.78, 5) is 27.1. The molecule has 0 saturated heterocycles. The fourth-order valence-electron chi connectivity index (χ4n) is 4.40. The van der Waals surface area contributed by atoms with E-state index < -0.39 is 11.2 Å². The van der Waals surface area contributed by atoms with Crippen LogP contribution in [0.2, 0.25) is 0 Å². The van der Waals surface area contributed by atoms with Crippen LogP contribution in [-0.2, 0) is 14.3 Å². The maximum absolute atomic E-state index is 13.9. The Kier molecular flexibility index (Phi) is 10.2. The summed E-state index contributed by atoms with van der Waals surface area (Å²) in [5, 5.41) is 11.1. The zero-order valence-corrected chi connectivity index (χ0v) is 21.8. The molecular weight excluding hydrogens is 515 g/mol. The minimum atomic E-state index is -0.892. The van der Waals surface area contributed by atoms with Crippen LogP contribution in [0.3, 0.4) is 0 Å². The molecule has 4 nitrogen and oxygen atoms in total. The van der Waals surface area contributed by atoms with Gasteiger partial charge in [-0.2, -0.15) is 0 Å². The van der Waals surface area contributed by atoms with Crippen molar-refractivity contribution in [1.29, 1.82) is 0 Å². The molecule has 32 heavy (non-hydrogen) atoms. The number of rotatable bonds is 12. The number of ether oxygens (including phenoxy) is 1. The number of hydrogen-bond donors (Lipinski definition) is 1. The summed E-state index contributed by atoms with van der Waals surface area (Å²) in [6.07, 6.45) is 7.99. The maximum Gasteiger partial charge on any atom is 0.193 e. The largest absolute Gasteiger partial charge is 0.507 e. The van der Waals surface area contributed by atoms with Crippen molar-refractivity contribution < 1.29 is 19.4 Å². The molecule has 1 aromatic rings. The zero-order valence-electron chi connectivity index (χ0n) is 19.7. The standard InChI is InChI=1S/C27H35IO4/c1-5-9-21-24(30)23(22(29)15-12-19-10-13-20(28)14-11-19)25(31)27(16-6-2,17-7-3)26(21)32-18-8-4/h10-15,30H,5-9,16-18H2,1-4H3/b15-12+. The van der Waals surface area contributed by atoms with Crippen molar-refractivity contribution in [2.75, 3.05) is 6.61 Å². The fraction of sp³-hybridized carbons (Fsp3) is 0.481. The maximum atomic E-state index is 13.9. The zero-order chi connectivity index (χ0) is 23.7. The average Bonchev–Trinajstić information content (AvgIpc) is 2.77. The lowest BCUT2D eigenvalue weighted by atomic mass is 9.66. The Morgan fingerprint density at radius 2 is 1.66 bits per heavy atom. The molecule has 0 aliphatic heterocycles. The van der Waals surface area contributed by atoms with E-state index in [-0.39, 0.29) is 17.1 Å². The highest BCUT2D eigenvalue weighted by Gasteiger charge is 2.50. The third-order valence-electron chi connectivity index (χ3n) is 5.74. The van der Waals surface area contributed by atoms with Crippen molar-refractivity contribution in [1.82, 2.24) is 0 Å². The highest BCUT2D eigenvalue weighted by Crippen LogP contribution is 2.48. The number of allylic oxidation sites excluding steroid dienone is 4. The molecule has 0 spiro atoms. The van der Waals surface area contributed by atoms with E-state index in [2.05, 4.69) is 22.6 Å². The number of benzene rings is 1. The molecule has 1 N–H and O–H groups in total. The Bertz CT molecular complexity index is 900. The van der Waals surface area contributed by atoms with E-state index in [0.717, 1.165) is 34.8 Å². The summed E-state index contributed by atoms with van der Waals surface area (Å²) in [5.41, 5.74) is 0.498. The quantitative estimate of drug-likeness (QED) is 0.168. The lowest BCUT2D eigenvalue weighted by Gasteiger charge is -2.39. The van der Waals surface area contributed by atoms with Crippen molar-refractivity contribution in [3.05, 3.63) is 62.1 Å². The highest BCUT2D eigenvalue weighted by molar-refractivity contribution is 14.1. The van der Waals surface area contributed by atoms with Crippen LogP contribution < -0.4 is 0 Å². The summed E-state index contributed by atoms with van der Waals surface area (Å²) < 4.78 is 7.27. The molecule has 0 heterocycles. The molecule has 0 unspecified atom stereocenters. The molecule has 174 valence electrons. The SMILES string of the molecule is CCCOC1=C(CCC)C(O)=C(C(=O)/C=C/c2ccc(I)cc2)C(=O)C1(CCC)CCC. The minimum absolute atomic E-state index is 0.0963. The van der Waals surface area contributed by atoms with E-state index >= 15 is 0 Å². The summed E-state index contributed by atoms with van der Waals surface area (Å²) in [6, 6.07) is 7.75. The fourth-order valence-corrected chi connectivity index (χ4v) is 4.76. The van der Waals surface area contributed by atoms with E-state index in [0.29, 0.717) is 37.2 Å². The Morgan fingerprint density at radius 3 is 2.19 bits per heavy atom. The van der Waals surface area contributed by atoms with Crippen LogP contribution in [0.1, 0.15) is 78.2 Å². The second kappa shape index (κ2) is 12.4. The number of aliphatic hydroxyl groups excluding tert-OH is 1. The topological polar surface area (TPSA) is 63.6 Å². The first-order valence-corrected chi connectivity index (χ1v) is 12.8. The van der Waals surface area contributed by atoms with Gasteiger partial charge in [0.1, 0.15) is 17.1 Å². The van der Waals surface area contributed by atoms with Crippen LogP contribution in [0, 0.1) is 8.99 Å². The molecule has 1 aliphatic rings. The molecule has 1 aromatic carbocycles. The van der Waals surface area contributed by atoms with Gasteiger partial charge in [-0.15, -0.1) is 0 Å². The van der Waals surface area contributed by atoms with E-state index in [1.54, 1.807) is 6.08 Å². The first-order valence-electron chi connectivity index (χ1n) is 11.7. The van der Waals surface area contributed by atoms with Gasteiger partial charge < -0.3 is 9.84 Å². The van der Waals surface area contributed by atoms with Crippen molar-refractivity contribution in [3.63, 3.8) is 0 Å². The van der Waals surface area contributed by atoms with Crippen molar-refractivity contribution in [2.45, 2.75) is 72.6 Å². The number of hydrogen-bond acceptors (Lipinski definition) is 4. The number of aliphatic hydroxyl groups is 1. The number of Topliss-reactive ketones (excluding diaryl/α,β-unsaturated/α-hetero) is 1. The third kappa shape index (κ3) is 5.72. The second-order valence-electron chi connectivity index (χ2n) is 8.29. The summed E-state index contributed by atoms with van der Waals surface area (Å²) >= 11 is 2.23. The van der Waals surface area contributed by atoms with Gasteiger partial charge in [0.05, 0.1) is 12.0 Å². The van der Waals surface area contributed by atoms with Crippen molar-refractivity contribution >= 4 is 40.2 Å². The molecule has 0 amide bonds. The molecule has 0 aromatic heterocycles. The minimum Gasteiger partial charge on any atom is -0.507 e. The normalized spacial score (nSPS) is 16.2. The monoisotopic (exact) mass is 550 g/mol. The lowest BCUT2D eigenvalue weighted by molar-refractivity contribution is -0.129. The van der Waals surface area contributed by atoms with E-state index in [1.807, 2.05) is 52.0 Å².